The number of carboxylic acid groups (broad SMARTS) is 1. The molecule has 0 aromatic heterocycles. The third-order valence-corrected chi connectivity index (χ3v) is 4.56. The van der Waals surface area contributed by atoms with Crippen LogP contribution in [0.25, 0.3) is 0 Å². The summed E-state index contributed by atoms with van der Waals surface area (Å²) in [5.41, 5.74) is -1.60. The average Bonchev–Trinajstić information content (AvgIpc) is 2.90. The van der Waals surface area contributed by atoms with Crippen molar-refractivity contribution in [2.24, 2.45) is 5.41 Å². The van der Waals surface area contributed by atoms with E-state index < -0.39 is 16.9 Å². The van der Waals surface area contributed by atoms with Crippen LogP contribution in [0.15, 0.2) is 0 Å². The van der Waals surface area contributed by atoms with Crippen LogP contribution >= 0.6 is 0 Å². The molecule has 0 radical (unpaired) electrons. The zero-order valence-electron chi connectivity index (χ0n) is 12.0. The summed E-state index contributed by atoms with van der Waals surface area (Å²) in [5.74, 6) is -1.07. The minimum atomic E-state index is -1.15. The van der Waals surface area contributed by atoms with E-state index in [1.807, 2.05) is 0 Å². The van der Waals surface area contributed by atoms with Crippen LogP contribution in [0.5, 0.6) is 0 Å². The summed E-state index contributed by atoms with van der Waals surface area (Å²) in [5, 5.41) is 15.6. The van der Waals surface area contributed by atoms with Gasteiger partial charge in [0, 0.05) is 32.6 Å². The van der Waals surface area contributed by atoms with Gasteiger partial charge in [-0.15, -0.1) is 0 Å². The highest BCUT2D eigenvalue weighted by Crippen LogP contribution is 2.33. The molecule has 0 saturated carbocycles. The maximum atomic E-state index is 12.7. The highest BCUT2D eigenvalue weighted by molar-refractivity contribution is 5.90. The molecule has 0 aromatic carbocycles. The second kappa shape index (κ2) is 6.10. The van der Waals surface area contributed by atoms with Gasteiger partial charge in [0.1, 0.15) is 5.54 Å². The first-order valence-corrected chi connectivity index (χ1v) is 7.39. The molecule has 1 amide bonds. The van der Waals surface area contributed by atoms with Crippen LogP contribution in [0.4, 0.5) is 0 Å². The molecule has 3 N–H and O–H groups in total. The number of amides is 1. The number of carbonyl (C=O) groups excluding carboxylic acids is 1. The fourth-order valence-corrected chi connectivity index (χ4v) is 3.21. The molecule has 114 valence electrons. The second-order valence-corrected chi connectivity index (χ2v) is 5.91. The van der Waals surface area contributed by atoms with Crippen LogP contribution in [-0.4, -0.2) is 48.8 Å². The summed E-state index contributed by atoms with van der Waals surface area (Å²) in [7, 11) is 0. The number of carbonyl (C=O) groups is 2. The molecule has 6 nitrogen and oxygen atoms in total. The Bertz CT molecular complexity index is 371. The molecule has 2 heterocycles. The second-order valence-electron chi connectivity index (χ2n) is 5.91. The van der Waals surface area contributed by atoms with Crippen molar-refractivity contribution in [1.29, 1.82) is 0 Å². The third kappa shape index (κ3) is 2.81. The van der Waals surface area contributed by atoms with E-state index in [9.17, 15) is 14.7 Å². The Labute approximate surface area is 119 Å². The number of ether oxygens (including phenoxy) is 1. The molecule has 0 spiro atoms. The zero-order valence-corrected chi connectivity index (χ0v) is 12.0. The van der Waals surface area contributed by atoms with Crippen LogP contribution in [0, 0.1) is 5.41 Å². The monoisotopic (exact) mass is 284 g/mol. The molecule has 6 heteroatoms. The lowest BCUT2D eigenvalue weighted by molar-refractivity contribution is -0.154. The van der Waals surface area contributed by atoms with E-state index >= 15 is 0 Å². The molecule has 1 unspecified atom stereocenters. The van der Waals surface area contributed by atoms with Crippen molar-refractivity contribution in [2.45, 2.75) is 44.6 Å². The van der Waals surface area contributed by atoms with Crippen LogP contribution < -0.4 is 10.6 Å². The molecular weight excluding hydrogens is 260 g/mol. The Morgan fingerprint density at radius 3 is 2.50 bits per heavy atom. The van der Waals surface area contributed by atoms with Crippen molar-refractivity contribution in [2.75, 3.05) is 26.3 Å². The predicted octanol–water partition coefficient (Wildman–Crippen LogP) is 0.516. The predicted molar refractivity (Wildman–Crippen MR) is 73.4 cm³/mol. The van der Waals surface area contributed by atoms with Crippen molar-refractivity contribution >= 4 is 11.9 Å². The summed E-state index contributed by atoms with van der Waals surface area (Å²) in [6, 6.07) is 0. The molecule has 2 rings (SSSR count). The number of aliphatic carboxylic acids is 1. The van der Waals surface area contributed by atoms with Crippen molar-refractivity contribution in [3.8, 4) is 0 Å². The number of rotatable bonds is 5. The smallest absolute Gasteiger partial charge is 0.329 e. The molecule has 1 atom stereocenters. The van der Waals surface area contributed by atoms with Crippen LogP contribution in [0.2, 0.25) is 0 Å². The van der Waals surface area contributed by atoms with Crippen molar-refractivity contribution in [1.82, 2.24) is 10.6 Å². The molecule has 20 heavy (non-hydrogen) atoms. The van der Waals surface area contributed by atoms with Gasteiger partial charge in [-0.05, 0) is 19.4 Å². The van der Waals surface area contributed by atoms with Gasteiger partial charge in [-0.3, -0.25) is 4.79 Å². The zero-order chi connectivity index (χ0) is 14.6. The number of hydrogen-bond donors (Lipinski definition) is 3. The maximum Gasteiger partial charge on any atom is 0.329 e. The summed E-state index contributed by atoms with van der Waals surface area (Å²) < 4.78 is 5.23. The lowest BCUT2D eigenvalue weighted by atomic mass is 9.79. The van der Waals surface area contributed by atoms with E-state index in [0.29, 0.717) is 32.6 Å². The third-order valence-electron chi connectivity index (χ3n) is 4.56. The van der Waals surface area contributed by atoms with E-state index in [-0.39, 0.29) is 5.91 Å². The Morgan fingerprint density at radius 1 is 1.30 bits per heavy atom. The lowest BCUT2D eigenvalue weighted by Gasteiger charge is -2.37. The topological polar surface area (TPSA) is 87.7 Å². The molecule has 0 aliphatic carbocycles. The standard InChI is InChI=1S/C14H24N2O4/c1-2-3-13(4-7-15-10-13)11(17)16-14(12(18)19)5-8-20-9-6-14/h15H,2-10H2,1H3,(H,16,17)(H,18,19). The normalized spacial score (nSPS) is 29.1. The van der Waals surface area contributed by atoms with Gasteiger partial charge in [-0.1, -0.05) is 13.3 Å². The molecule has 0 bridgehead atoms. The van der Waals surface area contributed by atoms with E-state index in [0.717, 1.165) is 25.8 Å². The molecule has 2 saturated heterocycles. The quantitative estimate of drug-likeness (QED) is 0.685. The maximum absolute atomic E-state index is 12.7. The van der Waals surface area contributed by atoms with Crippen LogP contribution in [-0.2, 0) is 14.3 Å². The first-order chi connectivity index (χ1) is 9.55. The minimum absolute atomic E-state index is 0.117. The Kier molecular flexibility index (Phi) is 4.65. The number of nitrogens with one attached hydrogen (secondary N) is 2. The van der Waals surface area contributed by atoms with Gasteiger partial charge in [0.05, 0.1) is 5.41 Å². The fraction of sp³-hybridized carbons (Fsp3) is 0.857. The highest BCUT2D eigenvalue weighted by Gasteiger charge is 2.47. The Balaban J connectivity index is 2.13. The average molecular weight is 284 g/mol. The van der Waals surface area contributed by atoms with Gasteiger partial charge in [-0.25, -0.2) is 4.79 Å². The first-order valence-electron chi connectivity index (χ1n) is 7.39. The van der Waals surface area contributed by atoms with Gasteiger partial charge in [0.25, 0.3) is 0 Å². The van der Waals surface area contributed by atoms with Crippen molar-refractivity contribution in [3.05, 3.63) is 0 Å². The molecular formula is C14H24N2O4. The van der Waals surface area contributed by atoms with Crippen molar-refractivity contribution < 1.29 is 19.4 Å². The highest BCUT2D eigenvalue weighted by atomic mass is 16.5. The van der Waals surface area contributed by atoms with Gasteiger partial charge in [0.2, 0.25) is 5.91 Å². The van der Waals surface area contributed by atoms with E-state index in [1.165, 1.54) is 0 Å². The van der Waals surface area contributed by atoms with E-state index in [1.54, 1.807) is 0 Å². The summed E-state index contributed by atoms with van der Waals surface area (Å²) in [6.07, 6.45) is 3.16. The molecule has 2 aliphatic rings. The molecule has 0 aromatic rings. The summed E-state index contributed by atoms with van der Waals surface area (Å²) >= 11 is 0. The van der Waals surface area contributed by atoms with Crippen LogP contribution in [0.1, 0.15) is 39.0 Å². The van der Waals surface area contributed by atoms with Gasteiger partial charge < -0.3 is 20.5 Å². The van der Waals surface area contributed by atoms with Gasteiger partial charge in [0.15, 0.2) is 0 Å². The van der Waals surface area contributed by atoms with E-state index in [2.05, 4.69) is 17.6 Å². The molecule has 2 fully saturated rings. The summed E-state index contributed by atoms with van der Waals surface area (Å²) in [6.45, 7) is 4.27. The minimum Gasteiger partial charge on any atom is -0.480 e. The van der Waals surface area contributed by atoms with Gasteiger partial charge in [-0.2, -0.15) is 0 Å². The van der Waals surface area contributed by atoms with Crippen molar-refractivity contribution in [3.63, 3.8) is 0 Å². The molecule has 2 aliphatic heterocycles. The SMILES string of the molecule is CCCC1(C(=O)NC2(C(=O)O)CCOCC2)CCNC1. The number of hydrogen-bond acceptors (Lipinski definition) is 4. The van der Waals surface area contributed by atoms with Gasteiger partial charge >= 0.3 is 5.97 Å². The fourth-order valence-electron chi connectivity index (χ4n) is 3.21. The summed E-state index contributed by atoms with van der Waals surface area (Å²) in [4.78, 5) is 24.3. The Hall–Kier alpha value is -1.14. The Morgan fingerprint density at radius 2 is 2.00 bits per heavy atom. The lowest BCUT2D eigenvalue weighted by Crippen LogP contribution is -2.60. The van der Waals surface area contributed by atoms with E-state index in [4.69, 9.17) is 4.74 Å². The largest absolute Gasteiger partial charge is 0.480 e. The first kappa shape index (κ1) is 15.3. The van der Waals surface area contributed by atoms with Crippen LogP contribution in [0.3, 0.4) is 0 Å². The number of carboxylic acids is 1.